The fourth-order valence-electron chi connectivity index (χ4n) is 2.71. The van der Waals surface area contributed by atoms with Gasteiger partial charge in [0.15, 0.2) is 5.84 Å². The van der Waals surface area contributed by atoms with Crippen molar-refractivity contribution < 1.29 is 18.0 Å². The largest absolute Gasteiger partial charge is 0.347 e. The number of amides is 2. The molecule has 0 saturated carbocycles. The summed E-state index contributed by atoms with van der Waals surface area (Å²) in [6.45, 7) is 5.93. The van der Waals surface area contributed by atoms with Crippen LogP contribution in [-0.4, -0.2) is 48.8 Å². The second-order valence-corrected chi connectivity index (χ2v) is 9.31. The Morgan fingerprint density at radius 1 is 1.11 bits per heavy atom. The summed E-state index contributed by atoms with van der Waals surface area (Å²) < 4.78 is 27.3. The molecule has 148 valence electrons. The summed E-state index contributed by atoms with van der Waals surface area (Å²) in [6.07, 6.45) is 4.88. The van der Waals surface area contributed by atoms with Crippen LogP contribution in [0.15, 0.2) is 52.6 Å². The fraction of sp³-hybridized carbons (Fsp3) is 0.316. The molecule has 0 atom stereocenters. The second kappa shape index (κ2) is 7.23. The van der Waals surface area contributed by atoms with Crippen molar-refractivity contribution >= 4 is 33.4 Å². The number of hydrogen-bond acceptors (Lipinski definition) is 5. The second-order valence-electron chi connectivity index (χ2n) is 7.55. The van der Waals surface area contributed by atoms with Crippen LogP contribution in [0.5, 0.6) is 0 Å². The highest BCUT2D eigenvalue weighted by atomic mass is 32.2. The highest BCUT2D eigenvalue weighted by molar-refractivity contribution is 7.90. The smallest absolute Gasteiger partial charge is 0.259 e. The van der Waals surface area contributed by atoms with E-state index in [-0.39, 0.29) is 35.2 Å². The Kier molecular flexibility index (Phi) is 5.12. The summed E-state index contributed by atoms with van der Waals surface area (Å²) in [5.74, 6) is -0.652. The number of rotatable bonds is 3. The summed E-state index contributed by atoms with van der Waals surface area (Å²) in [4.78, 5) is 26.4. The van der Waals surface area contributed by atoms with Gasteiger partial charge in [0.05, 0.1) is 11.3 Å². The first-order valence-electron chi connectivity index (χ1n) is 8.76. The summed E-state index contributed by atoms with van der Waals surface area (Å²) in [7, 11) is -3.58. The van der Waals surface area contributed by atoms with Gasteiger partial charge in [-0.1, -0.05) is 0 Å². The number of carbonyl (C=O) groups excluding carboxylic acids is 2. The zero-order valence-electron chi connectivity index (χ0n) is 15.9. The van der Waals surface area contributed by atoms with E-state index in [0.29, 0.717) is 11.3 Å². The molecule has 8 nitrogen and oxygen atoms in total. The molecule has 2 aliphatic heterocycles. The lowest BCUT2D eigenvalue weighted by molar-refractivity contribution is -0.112. The molecule has 0 fully saturated rings. The fourth-order valence-corrected chi connectivity index (χ4v) is 3.69. The van der Waals surface area contributed by atoms with Crippen LogP contribution in [0.25, 0.3) is 0 Å². The predicted octanol–water partition coefficient (Wildman–Crippen LogP) is 1.65. The molecule has 0 aliphatic carbocycles. The van der Waals surface area contributed by atoms with Crippen LogP contribution in [0.1, 0.15) is 31.1 Å². The normalized spacial score (nSPS) is 17.9. The molecule has 3 rings (SSSR count). The monoisotopic (exact) mass is 402 g/mol. The van der Waals surface area contributed by atoms with Crippen LogP contribution in [0.3, 0.4) is 0 Å². The van der Waals surface area contributed by atoms with Gasteiger partial charge in [-0.25, -0.2) is 8.42 Å². The molecule has 2 amide bonds. The molecule has 0 unspecified atom stereocenters. The summed E-state index contributed by atoms with van der Waals surface area (Å²) >= 11 is 0. The maximum Gasteiger partial charge on any atom is 0.259 e. The van der Waals surface area contributed by atoms with Gasteiger partial charge in [-0.2, -0.15) is 0 Å². The van der Waals surface area contributed by atoms with Crippen LogP contribution in [0.4, 0.5) is 5.69 Å². The minimum atomic E-state index is -3.58. The number of nitrogens with one attached hydrogen (secondary N) is 2. The van der Waals surface area contributed by atoms with Crippen molar-refractivity contribution in [3.8, 4) is 0 Å². The quantitative estimate of drug-likeness (QED) is 0.799. The van der Waals surface area contributed by atoms with Gasteiger partial charge in [-0.05, 0) is 57.2 Å². The first-order chi connectivity index (χ1) is 13.0. The first kappa shape index (κ1) is 19.8. The minimum absolute atomic E-state index is 0.0895. The van der Waals surface area contributed by atoms with Crippen molar-refractivity contribution in [2.75, 3.05) is 17.6 Å². The number of sulfonamides is 1. The molecule has 0 radical (unpaired) electrons. The number of carbonyl (C=O) groups is 2. The van der Waals surface area contributed by atoms with Crippen LogP contribution in [-0.2, 0) is 14.8 Å². The molecule has 0 aromatic heterocycles. The van der Waals surface area contributed by atoms with Gasteiger partial charge in [0.25, 0.3) is 21.8 Å². The molecular weight excluding hydrogens is 380 g/mol. The van der Waals surface area contributed by atoms with Crippen molar-refractivity contribution in [3.63, 3.8) is 0 Å². The van der Waals surface area contributed by atoms with Gasteiger partial charge in [0.1, 0.15) is 0 Å². The third kappa shape index (κ3) is 4.66. The molecule has 2 aliphatic rings. The van der Waals surface area contributed by atoms with Crippen LogP contribution >= 0.6 is 0 Å². The molecule has 2 N–H and O–H groups in total. The molecule has 1 aromatic rings. The van der Waals surface area contributed by atoms with E-state index in [9.17, 15) is 18.0 Å². The van der Waals surface area contributed by atoms with E-state index in [2.05, 4.69) is 15.0 Å². The molecular formula is C19H22N4O4S. The first-order valence-corrected chi connectivity index (χ1v) is 10.4. The molecule has 1 aromatic carbocycles. The van der Waals surface area contributed by atoms with Crippen LogP contribution in [0, 0.1) is 0 Å². The SMILES string of the molecule is CC(C)(C)NC(=O)c1ccc(NC(=O)C2=CC=CN3CCS(=O)(=O)N=C23)cc1. The van der Waals surface area contributed by atoms with Crippen molar-refractivity contribution in [2.45, 2.75) is 26.3 Å². The number of anilines is 1. The van der Waals surface area contributed by atoms with Gasteiger partial charge in [0.2, 0.25) is 0 Å². The Hall–Kier alpha value is -2.94. The number of fused-ring (bicyclic) bond motifs is 1. The topological polar surface area (TPSA) is 108 Å². The van der Waals surface area contributed by atoms with Crippen LogP contribution < -0.4 is 10.6 Å². The molecule has 0 saturated heterocycles. The predicted molar refractivity (Wildman–Crippen MR) is 107 cm³/mol. The number of amidine groups is 1. The molecule has 0 bridgehead atoms. The zero-order valence-corrected chi connectivity index (χ0v) is 16.7. The van der Waals surface area contributed by atoms with Gasteiger partial charge in [0, 0.05) is 29.5 Å². The Morgan fingerprint density at radius 3 is 2.43 bits per heavy atom. The third-order valence-electron chi connectivity index (χ3n) is 4.00. The summed E-state index contributed by atoms with van der Waals surface area (Å²) in [5.41, 5.74) is 0.776. The highest BCUT2D eigenvalue weighted by Gasteiger charge is 2.30. The van der Waals surface area contributed by atoms with E-state index < -0.39 is 15.9 Å². The zero-order chi connectivity index (χ0) is 20.5. The molecule has 0 spiro atoms. The lowest BCUT2D eigenvalue weighted by Gasteiger charge is -2.28. The van der Waals surface area contributed by atoms with E-state index in [0.717, 1.165) is 0 Å². The average molecular weight is 402 g/mol. The summed E-state index contributed by atoms with van der Waals surface area (Å²) in [5, 5.41) is 5.58. The highest BCUT2D eigenvalue weighted by Crippen LogP contribution is 2.19. The standard InChI is InChI=1S/C19H22N4O4S/c1-19(2,3)21-17(24)13-6-8-14(9-7-13)20-18(25)15-5-4-10-23-11-12-28(26,27)22-16(15)23/h4-10H,11-12H2,1-3H3,(H,20,25)(H,21,24). The van der Waals surface area contributed by atoms with Crippen molar-refractivity contribution in [1.29, 1.82) is 0 Å². The van der Waals surface area contributed by atoms with Gasteiger partial charge in [-0.15, -0.1) is 4.40 Å². The maximum atomic E-state index is 12.6. The summed E-state index contributed by atoms with van der Waals surface area (Å²) in [6, 6.07) is 6.46. The van der Waals surface area contributed by atoms with Gasteiger partial charge >= 0.3 is 0 Å². The lowest BCUT2D eigenvalue weighted by Crippen LogP contribution is -2.41. The van der Waals surface area contributed by atoms with E-state index in [1.807, 2.05) is 20.8 Å². The average Bonchev–Trinajstić information content (AvgIpc) is 2.59. The van der Waals surface area contributed by atoms with E-state index in [1.54, 1.807) is 41.4 Å². The van der Waals surface area contributed by atoms with E-state index in [4.69, 9.17) is 0 Å². The molecule has 28 heavy (non-hydrogen) atoms. The number of hydrogen-bond donors (Lipinski definition) is 2. The molecule has 9 heteroatoms. The Balaban J connectivity index is 1.74. The maximum absolute atomic E-state index is 12.6. The van der Waals surface area contributed by atoms with Crippen LogP contribution in [0.2, 0.25) is 0 Å². The number of nitrogens with zero attached hydrogens (tertiary/aromatic N) is 2. The van der Waals surface area contributed by atoms with Crippen molar-refractivity contribution in [1.82, 2.24) is 10.2 Å². The lowest BCUT2D eigenvalue weighted by atomic mass is 10.1. The molecule has 2 heterocycles. The third-order valence-corrected chi connectivity index (χ3v) is 5.15. The van der Waals surface area contributed by atoms with E-state index in [1.165, 1.54) is 6.08 Å². The van der Waals surface area contributed by atoms with Crippen molar-refractivity contribution in [2.24, 2.45) is 4.40 Å². The Labute approximate surface area is 164 Å². The Morgan fingerprint density at radius 2 is 1.79 bits per heavy atom. The van der Waals surface area contributed by atoms with Crippen molar-refractivity contribution in [3.05, 3.63) is 53.8 Å². The number of allylic oxidation sites excluding steroid dienone is 2. The minimum Gasteiger partial charge on any atom is -0.347 e. The van der Waals surface area contributed by atoms with E-state index >= 15 is 0 Å². The number of benzene rings is 1. The van der Waals surface area contributed by atoms with Gasteiger partial charge < -0.3 is 15.5 Å². The van der Waals surface area contributed by atoms with Gasteiger partial charge in [-0.3, -0.25) is 9.59 Å². The Bertz CT molecular complexity index is 999.